The highest BCUT2D eigenvalue weighted by atomic mass is 14.9. The van der Waals surface area contributed by atoms with Crippen molar-refractivity contribution in [3.63, 3.8) is 0 Å². The van der Waals surface area contributed by atoms with Gasteiger partial charge in [0.15, 0.2) is 0 Å². The highest BCUT2D eigenvalue weighted by Gasteiger charge is 2.12. The lowest BCUT2D eigenvalue weighted by molar-refractivity contribution is 0.638. The number of aromatic amines is 1. The van der Waals surface area contributed by atoms with E-state index in [2.05, 4.69) is 47.6 Å². The Morgan fingerprint density at radius 1 is 1.12 bits per heavy atom. The number of benzene rings is 1. The van der Waals surface area contributed by atoms with Crippen LogP contribution in [-0.2, 0) is 13.0 Å². The largest absolute Gasteiger partial charge is 0.358 e. The van der Waals surface area contributed by atoms with Gasteiger partial charge in [0.05, 0.1) is 0 Å². The lowest BCUT2D eigenvalue weighted by Crippen LogP contribution is -2.22. The highest BCUT2D eigenvalue weighted by molar-refractivity contribution is 5.62. The van der Waals surface area contributed by atoms with Crippen molar-refractivity contribution in [2.45, 2.75) is 19.9 Å². The predicted octanol–water partition coefficient (Wildman–Crippen LogP) is 2.64. The van der Waals surface area contributed by atoms with Crippen molar-refractivity contribution < 1.29 is 0 Å². The zero-order chi connectivity index (χ0) is 11.0. The van der Waals surface area contributed by atoms with Crippen molar-refractivity contribution in [2.75, 3.05) is 6.54 Å². The molecule has 0 amide bonds. The molecule has 2 aromatic rings. The molecule has 0 radical (unpaired) electrons. The summed E-state index contributed by atoms with van der Waals surface area (Å²) in [6.45, 7) is 4.20. The van der Waals surface area contributed by atoms with Gasteiger partial charge in [-0.3, -0.25) is 0 Å². The smallest absolute Gasteiger partial charge is 0.0459 e. The van der Waals surface area contributed by atoms with Gasteiger partial charge in [0.25, 0.3) is 0 Å². The third kappa shape index (κ3) is 1.65. The molecule has 82 valence electrons. The summed E-state index contributed by atoms with van der Waals surface area (Å²) in [5.74, 6) is 0. The van der Waals surface area contributed by atoms with E-state index in [1.807, 2.05) is 0 Å². The summed E-state index contributed by atoms with van der Waals surface area (Å²) in [5.41, 5.74) is 6.64. The van der Waals surface area contributed by atoms with Gasteiger partial charge in [-0.1, -0.05) is 29.8 Å². The molecule has 1 aliphatic heterocycles. The number of aromatic nitrogens is 1. The van der Waals surface area contributed by atoms with E-state index in [1.54, 1.807) is 0 Å². The van der Waals surface area contributed by atoms with Crippen LogP contribution in [0.1, 0.15) is 16.8 Å². The molecule has 0 bridgehead atoms. The number of hydrogen-bond donors (Lipinski definition) is 2. The fraction of sp³-hybridized carbons (Fsp3) is 0.286. The zero-order valence-corrected chi connectivity index (χ0v) is 9.51. The van der Waals surface area contributed by atoms with E-state index in [0.717, 1.165) is 19.5 Å². The van der Waals surface area contributed by atoms with E-state index in [9.17, 15) is 0 Å². The first kappa shape index (κ1) is 9.67. The molecule has 0 fully saturated rings. The number of aryl methyl sites for hydroxylation is 1. The number of hydrogen-bond acceptors (Lipinski definition) is 1. The SMILES string of the molecule is Cc1ccc(-c2cc3c([nH]2)CCNC3)cc1. The van der Waals surface area contributed by atoms with Crippen LogP contribution < -0.4 is 5.32 Å². The maximum atomic E-state index is 3.53. The molecule has 0 atom stereocenters. The van der Waals surface area contributed by atoms with Gasteiger partial charge >= 0.3 is 0 Å². The summed E-state index contributed by atoms with van der Waals surface area (Å²) >= 11 is 0. The van der Waals surface area contributed by atoms with Crippen LogP contribution in [0.2, 0.25) is 0 Å². The van der Waals surface area contributed by atoms with E-state index >= 15 is 0 Å². The molecule has 3 rings (SSSR count). The van der Waals surface area contributed by atoms with Crippen LogP contribution in [0, 0.1) is 6.92 Å². The minimum atomic E-state index is 0.998. The monoisotopic (exact) mass is 212 g/mol. The fourth-order valence-electron chi connectivity index (χ4n) is 2.25. The van der Waals surface area contributed by atoms with E-state index in [4.69, 9.17) is 0 Å². The summed E-state index contributed by atoms with van der Waals surface area (Å²) in [7, 11) is 0. The third-order valence-corrected chi connectivity index (χ3v) is 3.22. The molecule has 2 N–H and O–H groups in total. The summed E-state index contributed by atoms with van der Waals surface area (Å²) in [6.07, 6.45) is 1.11. The summed E-state index contributed by atoms with van der Waals surface area (Å²) < 4.78 is 0. The molecule has 1 aromatic heterocycles. The van der Waals surface area contributed by atoms with Crippen molar-refractivity contribution in [1.82, 2.24) is 10.3 Å². The second-order valence-electron chi connectivity index (χ2n) is 4.48. The first-order chi connectivity index (χ1) is 7.83. The molecule has 2 heteroatoms. The van der Waals surface area contributed by atoms with Gasteiger partial charge in [-0.15, -0.1) is 0 Å². The average Bonchev–Trinajstić information content (AvgIpc) is 2.73. The van der Waals surface area contributed by atoms with Gasteiger partial charge in [0, 0.05) is 30.9 Å². The number of nitrogens with one attached hydrogen (secondary N) is 2. The number of rotatable bonds is 1. The standard InChI is InChI=1S/C14H16N2/c1-10-2-4-11(5-3-10)14-8-12-9-15-7-6-13(12)16-14/h2-5,8,15-16H,6-7,9H2,1H3. The third-order valence-electron chi connectivity index (χ3n) is 3.22. The van der Waals surface area contributed by atoms with Crippen LogP contribution in [0.5, 0.6) is 0 Å². The molecule has 0 saturated heterocycles. The molecule has 0 aliphatic carbocycles. The normalized spacial score (nSPS) is 14.8. The van der Waals surface area contributed by atoms with Crippen molar-refractivity contribution in [3.8, 4) is 11.3 Å². The molecule has 16 heavy (non-hydrogen) atoms. The molecular weight excluding hydrogens is 196 g/mol. The van der Waals surface area contributed by atoms with Crippen molar-refractivity contribution >= 4 is 0 Å². The Kier molecular flexibility index (Phi) is 2.29. The van der Waals surface area contributed by atoms with Gasteiger partial charge in [-0.25, -0.2) is 0 Å². The molecule has 0 unspecified atom stereocenters. The maximum Gasteiger partial charge on any atom is 0.0459 e. The van der Waals surface area contributed by atoms with Gasteiger partial charge in [-0.2, -0.15) is 0 Å². The lowest BCUT2D eigenvalue weighted by atomic mass is 10.1. The Labute approximate surface area is 95.7 Å². The summed E-state index contributed by atoms with van der Waals surface area (Å²) in [6, 6.07) is 11.0. The van der Waals surface area contributed by atoms with Gasteiger partial charge < -0.3 is 10.3 Å². The first-order valence-corrected chi connectivity index (χ1v) is 5.81. The molecule has 1 aliphatic rings. The quantitative estimate of drug-likeness (QED) is 0.747. The van der Waals surface area contributed by atoms with Crippen LogP contribution >= 0.6 is 0 Å². The Balaban J connectivity index is 2.00. The maximum absolute atomic E-state index is 3.53. The van der Waals surface area contributed by atoms with Crippen LogP contribution in [0.4, 0.5) is 0 Å². The molecule has 1 aromatic carbocycles. The Morgan fingerprint density at radius 3 is 2.69 bits per heavy atom. The lowest BCUT2D eigenvalue weighted by Gasteiger charge is -2.11. The number of H-pyrrole nitrogens is 1. The summed E-state index contributed by atoms with van der Waals surface area (Å²) in [4.78, 5) is 3.53. The van der Waals surface area contributed by atoms with Gasteiger partial charge in [0.2, 0.25) is 0 Å². The van der Waals surface area contributed by atoms with E-state index in [-0.39, 0.29) is 0 Å². The Morgan fingerprint density at radius 2 is 1.94 bits per heavy atom. The minimum Gasteiger partial charge on any atom is -0.358 e. The molecule has 2 heterocycles. The average molecular weight is 212 g/mol. The molecule has 2 nitrogen and oxygen atoms in total. The number of fused-ring (bicyclic) bond motifs is 1. The second kappa shape index (κ2) is 3.80. The van der Waals surface area contributed by atoms with E-state index in [1.165, 1.54) is 28.1 Å². The van der Waals surface area contributed by atoms with Crippen LogP contribution in [0.15, 0.2) is 30.3 Å². The van der Waals surface area contributed by atoms with Crippen LogP contribution in [-0.4, -0.2) is 11.5 Å². The fourth-order valence-corrected chi connectivity index (χ4v) is 2.25. The minimum absolute atomic E-state index is 0.998. The zero-order valence-electron chi connectivity index (χ0n) is 9.51. The first-order valence-electron chi connectivity index (χ1n) is 5.81. The summed E-state index contributed by atoms with van der Waals surface area (Å²) in [5, 5.41) is 3.39. The second-order valence-corrected chi connectivity index (χ2v) is 4.48. The topological polar surface area (TPSA) is 27.8 Å². The van der Waals surface area contributed by atoms with Crippen LogP contribution in [0.3, 0.4) is 0 Å². The van der Waals surface area contributed by atoms with E-state index in [0.29, 0.717) is 0 Å². The molecular formula is C14H16N2. The van der Waals surface area contributed by atoms with Crippen molar-refractivity contribution in [2.24, 2.45) is 0 Å². The van der Waals surface area contributed by atoms with Crippen LogP contribution in [0.25, 0.3) is 11.3 Å². The Bertz CT molecular complexity index is 470. The van der Waals surface area contributed by atoms with Gasteiger partial charge in [0.1, 0.15) is 0 Å². The van der Waals surface area contributed by atoms with Crippen molar-refractivity contribution in [3.05, 3.63) is 47.2 Å². The molecule has 0 saturated carbocycles. The Hall–Kier alpha value is -1.54. The van der Waals surface area contributed by atoms with E-state index < -0.39 is 0 Å². The highest BCUT2D eigenvalue weighted by Crippen LogP contribution is 2.23. The van der Waals surface area contributed by atoms with Gasteiger partial charge in [-0.05, 0) is 24.1 Å². The van der Waals surface area contributed by atoms with Crippen molar-refractivity contribution in [1.29, 1.82) is 0 Å². The predicted molar refractivity (Wildman–Crippen MR) is 66.4 cm³/mol. The molecule has 0 spiro atoms.